The summed E-state index contributed by atoms with van der Waals surface area (Å²) in [6, 6.07) is 20.1. The van der Waals surface area contributed by atoms with Crippen LogP contribution in [0.1, 0.15) is 10.4 Å². The van der Waals surface area contributed by atoms with E-state index in [1.807, 2.05) is 58.1 Å². The summed E-state index contributed by atoms with van der Waals surface area (Å²) in [6.45, 7) is 3.07. The third-order valence-electron chi connectivity index (χ3n) is 5.40. The molecule has 1 aliphatic rings. The predicted molar refractivity (Wildman–Crippen MR) is 113 cm³/mol. The SMILES string of the molecule is O=C(c1cn(-c2ncccn2)c2ccccc12)N1CCN(c2ccccc2)CC1. The van der Waals surface area contributed by atoms with Gasteiger partial charge in [0.1, 0.15) is 0 Å². The molecule has 0 saturated carbocycles. The minimum Gasteiger partial charge on any atom is -0.368 e. The number of fused-ring (bicyclic) bond motifs is 1. The molecule has 5 rings (SSSR count). The van der Waals surface area contributed by atoms with E-state index in [2.05, 4.69) is 27.0 Å². The van der Waals surface area contributed by atoms with Crippen LogP contribution in [-0.4, -0.2) is 51.5 Å². The van der Waals surface area contributed by atoms with Crippen LogP contribution in [0.5, 0.6) is 0 Å². The number of hydrogen-bond acceptors (Lipinski definition) is 4. The first kappa shape index (κ1) is 17.4. The molecular weight excluding hydrogens is 362 g/mol. The number of carbonyl (C=O) groups excluding carboxylic acids is 1. The van der Waals surface area contributed by atoms with E-state index >= 15 is 0 Å². The van der Waals surface area contributed by atoms with Crippen molar-refractivity contribution in [2.45, 2.75) is 0 Å². The maximum Gasteiger partial charge on any atom is 0.256 e. The van der Waals surface area contributed by atoms with Crippen molar-refractivity contribution in [3.63, 3.8) is 0 Å². The number of para-hydroxylation sites is 2. The van der Waals surface area contributed by atoms with Gasteiger partial charge >= 0.3 is 0 Å². The van der Waals surface area contributed by atoms with Crippen LogP contribution >= 0.6 is 0 Å². The van der Waals surface area contributed by atoms with Crippen LogP contribution < -0.4 is 4.90 Å². The molecule has 0 aliphatic carbocycles. The lowest BCUT2D eigenvalue weighted by Gasteiger charge is -2.36. The van der Waals surface area contributed by atoms with Gasteiger partial charge in [-0.3, -0.25) is 9.36 Å². The molecule has 0 radical (unpaired) electrons. The molecule has 1 amide bonds. The van der Waals surface area contributed by atoms with E-state index in [4.69, 9.17) is 0 Å². The number of rotatable bonds is 3. The molecule has 1 fully saturated rings. The maximum atomic E-state index is 13.4. The molecule has 4 aromatic rings. The van der Waals surface area contributed by atoms with Crippen molar-refractivity contribution in [3.05, 3.63) is 84.8 Å². The van der Waals surface area contributed by atoms with Gasteiger partial charge in [0.15, 0.2) is 0 Å². The molecule has 0 spiro atoms. The second-order valence-corrected chi connectivity index (χ2v) is 7.09. The second-order valence-electron chi connectivity index (χ2n) is 7.09. The van der Waals surface area contributed by atoms with Crippen molar-refractivity contribution in [2.24, 2.45) is 0 Å². The molecule has 29 heavy (non-hydrogen) atoms. The van der Waals surface area contributed by atoms with Crippen molar-refractivity contribution in [2.75, 3.05) is 31.1 Å². The molecule has 0 bridgehead atoms. The summed E-state index contributed by atoms with van der Waals surface area (Å²) in [7, 11) is 0. The highest BCUT2D eigenvalue weighted by Gasteiger charge is 2.25. The van der Waals surface area contributed by atoms with E-state index in [1.165, 1.54) is 5.69 Å². The Morgan fingerprint density at radius 3 is 2.24 bits per heavy atom. The van der Waals surface area contributed by atoms with Crippen LogP contribution in [-0.2, 0) is 0 Å². The van der Waals surface area contributed by atoms with Crippen molar-refractivity contribution in [1.82, 2.24) is 19.4 Å². The summed E-state index contributed by atoms with van der Waals surface area (Å²) >= 11 is 0. The fraction of sp³-hybridized carbons (Fsp3) is 0.174. The Morgan fingerprint density at radius 2 is 1.48 bits per heavy atom. The van der Waals surface area contributed by atoms with Gasteiger partial charge in [0.25, 0.3) is 5.91 Å². The summed E-state index contributed by atoms with van der Waals surface area (Å²) in [6.07, 6.45) is 5.29. The molecule has 0 atom stereocenters. The fourth-order valence-corrected chi connectivity index (χ4v) is 3.91. The number of aromatic nitrogens is 3. The van der Waals surface area contributed by atoms with Gasteiger partial charge in [0.05, 0.1) is 11.1 Å². The Bertz CT molecular complexity index is 1130. The van der Waals surface area contributed by atoms with Gasteiger partial charge in [-0.1, -0.05) is 36.4 Å². The van der Waals surface area contributed by atoms with Gasteiger partial charge in [0.2, 0.25) is 5.95 Å². The third kappa shape index (κ3) is 3.23. The molecule has 6 nitrogen and oxygen atoms in total. The largest absolute Gasteiger partial charge is 0.368 e. The lowest BCUT2D eigenvalue weighted by molar-refractivity contribution is 0.0748. The van der Waals surface area contributed by atoms with Gasteiger partial charge in [0, 0.05) is 55.8 Å². The number of amides is 1. The molecule has 1 aliphatic heterocycles. The lowest BCUT2D eigenvalue weighted by Crippen LogP contribution is -2.48. The Labute approximate surface area is 169 Å². The van der Waals surface area contributed by atoms with Crippen molar-refractivity contribution < 1.29 is 4.79 Å². The summed E-state index contributed by atoms with van der Waals surface area (Å²) in [4.78, 5) is 26.3. The zero-order valence-electron chi connectivity index (χ0n) is 16.0. The van der Waals surface area contributed by atoms with Crippen LogP contribution in [0.2, 0.25) is 0 Å². The Balaban J connectivity index is 1.42. The quantitative estimate of drug-likeness (QED) is 0.544. The third-order valence-corrected chi connectivity index (χ3v) is 5.40. The number of anilines is 1. The highest BCUT2D eigenvalue weighted by molar-refractivity contribution is 6.07. The molecule has 2 aromatic carbocycles. The van der Waals surface area contributed by atoms with Crippen LogP contribution in [0, 0.1) is 0 Å². The molecule has 6 heteroatoms. The van der Waals surface area contributed by atoms with Gasteiger partial charge in [-0.2, -0.15) is 0 Å². The van der Waals surface area contributed by atoms with Crippen molar-refractivity contribution in [3.8, 4) is 5.95 Å². The number of benzene rings is 2. The van der Waals surface area contributed by atoms with E-state index in [0.717, 1.165) is 24.0 Å². The van der Waals surface area contributed by atoms with Gasteiger partial charge in [-0.15, -0.1) is 0 Å². The highest BCUT2D eigenvalue weighted by atomic mass is 16.2. The monoisotopic (exact) mass is 383 g/mol. The standard InChI is InChI=1S/C23H21N5O/c29-22(27-15-13-26(14-16-27)18-7-2-1-3-8-18)20-17-28(23-24-11-6-12-25-23)21-10-5-4-9-19(20)21/h1-12,17H,13-16H2. The first-order valence-electron chi connectivity index (χ1n) is 9.78. The van der Waals surface area contributed by atoms with Crippen LogP contribution in [0.15, 0.2) is 79.3 Å². The molecule has 3 heterocycles. The number of carbonyl (C=O) groups is 1. The van der Waals surface area contributed by atoms with E-state index in [9.17, 15) is 4.79 Å². The maximum absolute atomic E-state index is 13.4. The van der Waals surface area contributed by atoms with Crippen LogP contribution in [0.4, 0.5) is 5.69 Å². The molecule has 0 unspecified atom stereocenters. The van der Waals surface area contributed by atoms with Crippen LogP contribution in [0.3, 0.4) is 0 Å². The molecule has 0 N–H and O–H groups in total. The minimum atomic E-state index is 0.0589. The topological polar surface area (TPSA) is 54.3 Å². The number of nitrogens with zero attached hydrogens (tertiary/aromatic N) is 5. The predicted octanol–water partition coefficient (Wildman–Crippen LogP) is 3.38. The van der Waals surface area contributed by atoms with Gasteiger partial charge in [-0.05, 0) is 24.3 Å². The number of piperazine rings is 1. The fourth-order valence-electron chi connectivity index (χ4n) is 3.91. The minimum absolute atomic E-state index is 0.0589. The van der Waals surface area contributed by atoms with Crippen molar-refractivity contribution in [1.29, 1.82) is 0 Å². The van der Waals surface area contributed by atoms with Crippen molar-refractivity contribution >= 4 is 22.5 Å². The summed E-state index contributed by atoms with van der Waals surface area (Å²) in [5.74, 6) is 0.625. The smallest absolute Gasteiger partial charge is 0.256 e. The molecular formula is C23H21N5O. The van der Waals surface area contributed by atoms with E-state index in [0.29, 0.717) is 24.6 Å². The summed E-state index contributed by atoms with van der Waals surface area (Å²) in [5, 5.41) is 0.926. The Morgan fingerprint density at radius 1 is 0.793 bits per heavy atom. The van der Waals surface area contributed by atoms with E-state index in [1.54, 1.807) is 18.5 Å². The van der Waals surface area contributed by atoms with E-state index in [-0.39, 0.29) is 5.91 Å². The van der Waals surface area contributed by atoms with Crippen LogP contribution in [0.25, 0.3) is 16.9 Å². The normalized spacial score (nSPS) is 14.3. The first-order valence-corrected chi connectivity index (χ1v) is 9.78. The second kappa shape index (κ2) is 7.39. The Hall–Kier alpha value is -3.67. The average Bonchev–Trinajstić information content (AvgIpc) is 3.20. The molecule has 144 valence electrons. The Kier molecular flexibility index (Phi) is 4.44. The summed E-state index contributed by atoms with van der Waals surface area (Å²) in [5.41, 5.74) is 2.84. The molecule has 1 saturated heterocycles. The first-order chi connectivity index (χ1) is 14.3. The zero-order valence-corrected chi connectivity index (χ0v) is 16.0. The highest BCUT2D eigenvalue weighted by Crippen LogP contribution is 2.25. The molecule has 2 aromatic heterocycles. The average molecular weight is 383 g/mol. The lowest BCUT2D eigenvalue weighted by atomic mass is 10.1. The number of hydrogen-bond donors (Lipinski definition) is 0. The van der Waals surface area contributed by atoms with E-state index < -0.39 is 0 Å². The van der Waals surface area contributed by atoms with Gasteiger partial charge in [-0.25, -0.2) is 9.97 Å². The summed E-state index contributed by atoms with van der Waals surface area (Å²) < 4.78 is 1.89. The van der Waals surface area contributed by atoms with Gasteiger partial charge < -0.3 is 9.80 Å². The zero-order chi connectivity index (χ0) is 19.6.